The van der Waals surface area contributed by atoms with Gasteiger partial charge >= 0.3 is 0 Å². The highest BCUT2D eigenvalue weighted by atomic mass is 32.1. The number of halogens is 1. The fourth-order valence-electron chi connectivity index (χ4n) is 2.29. The molecule has 0 unspecified atom stereocenters. The van der Waals surface area contributed by atoms with Gasteiger partial charge in [-0.1, -0.05) is 35.5 Å². The van der Waals surface area contributed by atoms with Crippen LogP contribution in [0.25, 0.3) is 10.2 Å². The maximum absolute atomic E-state index is 13.7. The largest absolute Gasteiger partial charge is 0.305 e. The van der Waals surface area contributed by atoms with Crippen LogP contribution in [-0.2, 0) is 6.54 Å². The fraction of sp³-hybridized carbons (Fsp3) is 0.111. The van der Waals surface area contributed by atoms with E-state index in [9.17, 15) is 9.18 Å². The van der Waals surface area contributed by atoms with Gasteiger partial charge in [0, 0.05) is 0 Å². The van der Waals surface area contributed by atoms with Crippen LogP contribution in [0, 0.1) is 25.1 Å². The molecule has 1 heterocycles. The Bertz CT molecular complexity index is 1010. The van der Waals surface area contributed by atoms with Crippen molar-refractivity contribution in [2.24, 2.45) is 4.99 Å². The maximum Gasteiger partial charge on any atom is 0.282 e. The molecule has 0 saturated heterocycles. The number of fused-ring (bicyclic) bond motifs is 1. The SMILES string of the molecule is C#CCn1c(=NC(=O)c2ccccc2F)sc2cc(C)ccc21. The number of benzene rings is 2. The summed E-state index contributed by atoms with van der Waals surface area (Å²) in [6, 6.07) is 11.7. The highest BCUT2D eigenvalue weighted by Gasteiger charge is 2.12. The molecule has 0 spiro atoms. The van der Waals surface area contributed by atoms with Crippen LogP contribution in [0.1, 0.15) is 15.9 Å². The molecule has 1 aromatic heterocycles. The van der Waals surface area contributed by atoms with Crippen molar-refractivity contribution in [1.82, 2.24) is 4.57 Å². The zero-order valence-electron chi connectivity index (χ0n) is 12.4. The van der Waals surface area contributed by atoms with Crippen molar-refractivity contribution in [2.45, 2.75) is 13.5 Å². The molecule has 3 nitrogen and oxygen atoms in total. The van der Waals surface area contributed by atoms with Crippen LogP contribution in [0.15, 0.2) is 47.5 Å². The van der Waals surface area contributed by atoms with Crippen molar-refractivity contribution in [2.75, 3.05) is 0 Å². The Labute approximate surface area is 136 Å². The molecule has 5 heteroatoms. The van der Waals surface area contributed by atoms with Gasteiger partial charge in [0.05, 0.1) is 22.3 Å². The molecule has 0 atom stereocenters. The first-order valence-corrected chi connectivity index (χ1v) is 7.79. The van der Waals surface area contributed by atoms with Gasteiger partial charge in [-0.2, -0.15) is 4.99 Å². The number of terminal acetylenes is 1. The Kier molecular flexibility index (Phi) is 4.09. The van der Waals surface area contributed by atoms with E-state index in [1.54, 1.807) is 10.6 Å². The molecule has 3 rings (SSSR count). The van der Waals surface area contributed by atoms with Crippen LogP contribution >= 0.6 is 11.3 Å². The summed E-state index contributed by atoms with van der Waals surface area (Å²) in [6.07, 6.45) is 5.42. The maximum atomic E-state index is 13.7. The first-order valence-electron chi connectivity index (χ1n) is 6.97. The van der Waals surface area contributed by atoms with Gasteiger partial charge in [-0.15, -0.1) is 6.42 Å². The Balaban J connectivity index is 2.19. The first kappa shape index (κ1) is 15.2. The lowest BCUT2D eigenvalue weighted by atomic mass is 10.2. The lowest BCUT2D eigenvalue weighted by Crippen LogP contribution is -2.16. The Morgan fingerprint density at radius 3 is 2.87 bits per heavy atom. The van der Waals surface area contributed by atoms with Gasteiger partial charge in [0.25, 0.3) is 5.91 Å². The summed E-state index contributed by atoms with van der Waals surface area (Å²) in [5.74, 6) is 1.37. The van der Waals surface area contributed by atoms with Gasteiger partial charge in [0.2, 0.25) is 0 Å². The van der Waals surface area contributed by atoms with Crippen molar-refractivity contribution >= 4 is 27.5 Å². The molecule has 0 aliphatic heterocycles. The van der Waals surface area contributed by atoms with Crippen molar-refractivity contribution in [1.29, 1.82) is 0 Å². The van der Waals surface area contributed by atoms with E-state index in [0.717, 1.165) is 15.8 Å². The smallest absolute Gasteiger partial charge is 0.282 e. The molecule has 0 radical (unpaired) electrons. The van der Waals surface area contributed by atoms with E-state index in [4.69, 9.17) is 6.42 Å². The number of carbonyl (C=O) groups excluding carboxylic acids is 1. The first-order chi connectivity index (χ1) is 11.1. The second-order valence-corrected chi connectivity index (χ2v) is 6.05. The van der Waals surface area contributed by atoms with Gasteiger partial charge in [0.15, 0.2) is 4.80 Å². The molecule has 0 N–H and O–H groups in total. The van der Waals surface area contributed by atoms with E-state index >= 15 is 0 Å². The quantitative estimate of drug-likeness (QED) is 0.664. The minimum Gasteiger partial charge on any atom is -0.305 e. The van der Waals surface area contributed by atoms with Crippen LogP contribution in [-0.4, -0.2) is 10.5 Å². The zero-order valence-corrected chi connectivity index (χ0v) is 13.2. The average molecular weight is 324 g/mol. The summed E-state index contributed by atoms with van der Waals surface area (Å²) in [6.45, 7) is 2.29. The van der Waals surface area contributed by atoms with Crippen LogP contribution in [0.4, 0.5) is 4.39 Å². The Hall–Kier alpha value is -2.71. The van der Waals surface area contributed by atoms with E-state index in [2.05, 4.69) is 10.9 Å². The van der Waals surface area contributed by atoms with Gasteiger partial charge in [-0.25, -0.2) is 4.39 Å². The monoisotopic (exact) mass is 324 g/mol. The molecule has 2 aromatic carbocycles. The summed E-state index contributed by atoms with van der Waals surface area (Å²) in [7, 11) is 0. The molecule has 0 saturated carbocycles. The van der Waals surface area contributed by atoms with E-state index < -0.39 is 11.7 Å². The third-order valence-corrected chi connectivity index (χ3v) is 4.43. The molecular formula is C18H13FN2OS. The van der Waals surface area contributed by atoms with E-state index in [-0.39, 0.29) is 5.56 Å². The average Bonchev–Trinajstić information content (AvgIpc) is 2.84. The number of carbonyl (C=O) groups is 1. The lowest BCUT2D eigenvalue weighted by molar-refractivity contribution is 0.0994. The Morgan fingerprint density at radius 2 is 2.13 bits per heavy atom. The van der Waals surface area contributed by atoms with Gasteiger partial charge in [-0.3, -0.25) is 4.79 Å². The summed E-state index contributed by atoms with van der Waals surface area (Å²) < 4.78 is 16.5. The van der Waals surface area contributed by atoms with Gasteiger partial charge < -0.3 is 4.57 Å². The molecule has 0 fully saturated rings. The Morgan fingerprint density at radius 1 is 1.35 bits per heavy atom. The molecule has 1 amide bonds. The molecule has 0 aliphatic rings. The normalized spacial score (nSPS) is 11.6. The third-order valence-electron chi connectivity index (χ3n) is 3.39. The number of rotatable bonds is 2. The zero-order chi connectivity index (χ0) is 16.4. The van der Waals surface area contributed by atoms with E-state index in [1.807, 2.05) is 25.1 Å². The number of amides is 1. The number of hydrogen-bond donors (Lipinski definition) is 0. The van der Waals surface area contributed by atoms with Crippen LogP contribution in [0.5, 0.6) is 0 Å². The second-order valence-electron chi connectivity index (χ2n) is 5.04. The van der Waals surface area contributed by atoms with E-state index in [0.29, 0.717) is 11.3 Å². The summed E-state index contributed by atoms with van der Waals surface area (Å²) >= 11 is 1.36. The highest BCUT2D eigenvalue weighted by molar-refractivity contribution is 7.16. The number of hydrogen-bond acceptors (Lipinski definition) is 2. The molecule has 114 valence electrons. The molecule has 0 bridgehead atoms. The minimum atomic E-state index is -0.614. The number of aryl methyl sites for hydroxylation is 1. The van der Waals surface area contributed by atoms with Crippen molar-refractivity contribution in [3.63, 3.8) is 0 Å². The summed E-state index contributed by atoms with van der Waals surface area (Å²) in [4.78, 5) is 16.8. The third kappa shape index (κ3) is 2.94. The minimum absolute atomic E-state index is 0.0478. The standard InChI is InChI=1S/C18H13FN2OS/c1-3-10-21-15-9-8-12(2)11-16(15)23-18(21)20-17(22)13-6-4-5-7-14(13)19/h1,4-9,11H,10H2,2H3. The molecule has 3 aromatic rings. The van der Waals surface area contributed by atoms with Crippen molar-refractivity contribution in [3.05, 3.63) is 64.2 Å². The lowest BCUT2D eigenvalue weighted by Gasteiger charge is -2.00. The van der Waals surface area contributed by atoms with Crippen molar-refractivity contribution in [3.8, 4) is 12.3 Å². The fourth-order valence-corrected chi connectivity index (χ4v) is 3.42. The van der Waals surface area contributed by atoms with Crippen molar-refractivity contribution < 1.29 is 9.18 Å². The molecule has 23 heavy (non-hydrogen) atoms. The van der Waals surface area contributed by atoms with E-state index in [1.165, 1.54) is 29.5 Å². The van der Waals surface area contributed by atoms with Gasteiger partial charge in [-0.05, 0) is 36.8 Å². The van der Waals surface area contributed by atoms with Gasteiger partial charge in [0.1, 0.15) is 5.82 Å². The van der Waals surface area contributed by atoms with Crippen LogP contribution in [0.3, 0.4) is 0 Å². The van der Waals surface area contributed by atoms with Crippen LogP contribution in [0.2, 0.25) is 0 Å². The number of nitrogens with zero attached hydrogens (tertiary/aromatic N) is 2. The summed E-state index contributed by atoms with van der Waals surface area (Å²) in [5.41, 5.74) is 1.98. The topological polar surface area (TPSA) is 34.4 Å². The van der Waals surface area contributed by atoms with Crippen LogP contribution < -0.4 is 4.80 Å². The molecule has 0 aliphatic carbocycles. The second kappa shape index (κ2) is 6.19. The predicted octanol–water partition coefficient (Wildman–Crippen LogP) is 3.52. The number of thiazole rings is 1. The molecular weight excluding hydrogens is 311 g/mol. The highest BCUT2D eigenvalue weighted by Crippen LogP contribution is 2.19. The number of aromatic nitrogens is 1. The summed E-state index contributed by atoms with van der Waals surface area (Å²) in [5, 5.41) is 0. The predicted molar refractivity (Wildman–Crippen MR) is 89.7 cm³/mol.